The first kappa shape index (κ1) is 11.0. The Kier molecular flexibility index (Phi) is 2.79. The van der Waals surface area contributed by atoms with Gasteiger partial charge in [-0.2, -0.15) is 0 Å². The molecule has 0 radical (unpaired) electrons. The molecule has 90 valence electrons. The van der Waals surface area contributed by atoms with E-state index in [1.54, 1.807) is 0 Å². The predicted octanol–water partition coefficient (Wildman–Crippen LogP) is 3.79. The molecule has 1 aromatic rings. The van der Waals surface area contributed by atoms with E-state index >= 15 is 0 Å². The van der Waals surface area contributed by atoms with Gasteiger partial charge in [0.15, 0.2) is 0 Å². The van der Waals surface area contributed by atoms with Gasteiger partial charge in [-0.05, 0) is 38.2 Å². The third kappa shape index (κ3) is 1.83. The van der Waals surface area contributed by atoms with E-state index < -0.39 is 0 Å². The summed E-state index contributed by atoms with van der Waals surface area (Å²) in [6, 6.07) is 12.8. The summed E-state index contributed by atoms with van der Waals surface area (Å²) in [7, 11) is 0. The lowest BCUT2D eigenvalue weighted by atomic mass is 9.79. The summed E-state index contributed by atoms with van der Waals surface area (Å²) in [5, 5.41) is 0. The van der Waals surface area contributed by atoms with Gasteiger partial charge in [-0.1, -0.05) is 42.5 Å². The van der Waals surface area contributed by atoms with Crippen LogP contribution >= 0.6 is 0 Å². The highest BCUT2D eigenvalue weighted by atomic mass is 15.2. The second-order valence-electron chi connectivity index (χ2n) is 5.47. The van der Waals surface area contributed by atoms with E-state index in [1.165, 1.54) is 18.4 Å². The van der Waals surface area contributed by atoms with E-state index in [2.05, 4.69) is 61.2 Å². The number of nitrogens with zero attached hydrogens (tertiary/aromatic N) is 1. The third-order valence-electron chi connectivity index (χ3n) is 4.58. The van der Waals surface area contributed by atoms with E-state index in [1.807, 2.05) is 0 Å². The molecule has 1 fully saturated rings. The lowest BCUT2D eigenvalue weighted by Crippen LogP contribution is -2.52. The van der Waals surface area contributed by atoms with Crippen LogP contribution in [0.25, 0.3) is 0 Å². The molecular weight excluding hydrogens is 206 g/mol. The third-order valence-corrected chi connectivity index (χ3v) is 4.58. The van der Waals surface area contributed by atoms with Crippen molar-refractivity contribution in [2.45, 2.75) is 44.8 Å². The van der Waals surface area contributed by atoms with E-state index in [-0.39, 0.29) is 0 Å². The second kappa shape index (κ2) is 4.30. The van der Waals surface area contributed by atoms with Gasteiger partial charge in [0, 0.05) is 18.1 Å². The molecule has 0 spiro atoms. The average molecular weight is 227 g/mol. The molecule has 2 aliphatic heterocycles. The highest BCUT2D eigenvalue weighted by Crippen LogP contribution is 2.39. The molecule has 2 heterocycles. The zero-order valence-corrected chi connectivity index (χ0v) is 10.7. The van der Waals surface area contributed by atoms with Gasteiger partial charge in [0.25, 0.3) is 0 Å². The van der Waals surface area contributed by atoms with Gasteiger partial charge >= 0.3 is 0 Å². The second-order valence-corrected chi connectivity index (χ2v) is 5.47. The Morgan fingerprint density at radius 2 is 1.88 bits per heavy atom. The van der Waals surface area contributed by atoms with Crippen LogP contribution < -0.4 is 0 Å². The standard InChI is InChI=1S/C16H21N/c1-12(14-6-4-3-5-7-14)17-13(2)15-8-10-16(17)11-9-15/h3-8,10,12-13,15-16H,9,11H2,1-2H3/t12-,13?,15?,16?/m1/s1. The molecule has 0 N–H and O–H groups in total. The van der Waals surface area contributed by atoms with Crippen LogP contribution in [-0.2, 0) is 0 Å². The molecule has 1 saturated heterocycles. The zero-order chi connectivity index (χ0) is 11.8. The number of hydrogen-bond acceptors (Lipinski definition) is 1. The van der Waals surface area contributed by atoms with Gasteiger partial charge in [-0.15, -0.1) is 0 Å². The minimum atomic E-state index is 0.531. The monoisotopic (exact) mass is 227 g/mol. The first-order valence-electron chi connectivity index (χ1n) is 6.78. The van der Waals surface area contributed by atoms with Crippen molar-refractivity contribution in [1.29, 1.82) is 0 Å². The topological polar surface area (TPSA) is 3.24 Å². The molecule has 0 amide bonds. The number of fused-ring (bicyclic) bond motifs is 2. The van der Waals surface area contributed by atoms with Gasteiger partial charge in [-0.3, -0.25) is 4.90 Å². The Morgan fingerprint density at radius 1 is 1.12 bits per heavy atom. The quantitative estimate of drug-likeness (QED) is 0.695. The summed E-state index contributed by atoms with van der Waals surface area (Å²) in [6.45, 7) is 4.74. The molecule has 17 heavy (non-hydrogen) atoms. The van der Waals surface area contributed by atoms with E-state index in [9.17, 15) is 0 Å². The molecule has 0 saturated carbocycles. The fourth-order valence-electron chi connectivity index (χ4n) is 3.54. The van der Waals surface area contributed by atoms with Gasteiger partial charge in [0.2, 0.25) is 0 Å². The van der Waals surface area contributed by atoms with Crippen LogP contribution in [0.5, 0.6) is 0 Å². The highest BCUT2D eigenvalue weighted by molar-refractivity contribution is 5.21. The van der Waals surface area contributed by atoms with Crippen molar-refractivity contribution in [3.63, 3.8) is 0 Å². The fourth-order valence-corrected chi connectivity index (χ4v) is 3.54. The van der Waals surface area contributed by atoms with Gasteiger partial charge in [-0.25, -0.2) is 0 Å². The van der Waals surface area contributed by atoms with Crippen LogP contribution in [0.15, 0.2) is 42.5 Å². The minimum Gasteiger partial charge on any atom is -0.287 e. The normalized spacial score (nSPS) is 33.9. The lowest BCUT2D eigenvalue weighted by molar-refractivity contribution is 0.0389. The first-order valence-corrected chi connectivity index (χ1v) is 6.78. The van der Waals surface area contributed by atoms with Crippen molar-refractivity contribution in [2.75, 3.05) is 0 Å². The van der Waals surface area contributed by atoms with E-state index in [0.717, 1.165) is 5.92 Å². The van der Waals surface area contributed by atoms with Crippen molar-refractivity contribution < 1.29 is 0 Å². The SMILES string of the molecule is CC1C2C=CC(CC2)N1[C@H](C)c1ccccc1. The fraction of sp³-hybridized carbons (Fsp3) is 0.500. The molecule has 3 unspecified atom stereocenters. The van der Waals surface area contributed by atoms with Gasteiger partial charge in [0.1, 0.15) is 0 Å². The molecule has 2 bridgehead atoms. The minimum absolute atomic E-state index is 0.531. The number of piperidine rings is 1. The molecule has 1 nitrogen and oxygen atoms in total. The largest absolute Gasteiger partial charge is 0.287 e. The Morgan fingerprint density at radius 3 is 2.47 bits per heavy atom. The van der Waals surface area contributed by atoms with Crippen molar-refractivity contribution in [3.8, 4) is 0 Å². The summed E-state index contributed by atoms with van der Waals surface area (Å²) >= 11 is 0. The van der Waals surface area contributed by atoms with Crippen LogP contribution in [0.3, 0.4) is 0 Å². The maximum atomic E-state index is 2.70. The molecule has 1 aliphatic carbocycles. The molecule has 3 aliphatic rings. The number of benzene rings is 1. The van der Waals surface area contributed by atoms with Crippen LogP contribution in [0.2, 0.25) is 0 Å². The molecule has 4 rings (SSSR count). The maximum Gasteiger partial charge on any atom is 0.0328 e. The summed E-state index contributed by atoms with van der Waals surface area (Å²) in [6.07, 6.45) is 7.57. The van der Waals surface area contributed by atoms with Crippen molar-refractivity contribution in [2.24, 2.45) is 5.92 Å². The summed E-state index contributed by atoms with van der Waals surface area (Å²) in [5.74, 6) is 0.770. The summed E-state index contributed by atoms with van der Waals surface area (Å²) in [5.41, 5.74) is 1.44. The van der Waals surface area contributed by atoms with Gasteiger partial charge < -0.3 is 0 Å². The molecule has 4 atom stereocenters. The molecule has 0 aromatic heterocycles. The Bertz CT molecular complexity index is 409. The maximum absolute atomic E-state index is 2.70. The van der Waals surface area contributed by atoms with E-state index in [0.29, 0.717) is 18.1 Å². The summed E-state index contributed by atoms with van der Waals surface area (Å²) in [4.78, 5) is 2.70. The Labute approximate surface area is 104 Å². The Balaban J connectivity index is 1.87. The van der Waals surface area contributed by atoms with Crippen LogP contribution in [0.1, 0.15) is 38.3 Å². The average Bonchev–Trinajstić information content (AvgIpc) is 2.40. The smallest absolute Gasteiger partial charge is 0.0328 e. The molecule has 1 aromatic carbocycles. The van der Waals surface area contributed by atoms with Crippen LogP contribution in [0.4, 0.5) is 0 Å². The Hall–Kier alpha value is -1.08. The zero-order valence-electron chi connectivity index (χ0n) is 10.7. The van der Waals surface area contributed by atoms with Crippen molar-refractivity contribution in [1.82, 2.24) is 4.90 Å². The highest BCUT2D eigenvalue weighted by Gasteiger charge is 2.38. The van der Waals surface area contributed by atoms with Crippen LogP contribution in [-0.4, -0.2) is 17.0 Å². The molecular formula is C16H21N. The first-order chi connectivity index (χ1) is 8.27. The van der Waals surface area contributed by atoms with Crippen molar-refractivity contribution >= 4 is 0 Å². The predicted molar refractivity (Wildman–Crippen MR) is 71.8 cm³/mol. The molecule has 1 heteroatoms. The number of rotatable bonds is 2. The summed E-state index contributed by atoms with van der Waals surface area (Å²) < 4.78 is 0. The van der Waals surface area contributed by atoms with Crippen LogP contribution in [0, 0.1) is 5.92 Å². The van der Waals surface area contributed by atoms with Crippen molar-refractivity contribution in [3.05, 3.63) is 48.0 Å². The van der Waals surface area contributed by atoms with E-state index in [4.69, 9.17) is 0 Å². The van der Waals surface area contributed by atoms with Gasteiger partial charge in [0.05, 0.1) is 0 Å². The number of hydrogen-bond donors (Lipinski definition) is 0. The lowest BCUT2D eigenvalue weighted by Gasteiger charge is -2.49.